The van der Waals surface area contributed by atoms with Gasteiger partial charge in [-0.2, -0.15) is 0 Å². The number of nitrogens with zero attached hydrogens (tertiary/aromatic N) is 1. The maximum absolute atomic E-state index is 13.3. The van der Waals surface area contributed by atoms with Gasteiger partial charge in [0.05, 0.1) is 16.9 Å². The van der Waals surface area contributed by atoms with E-state index in [9.17, 15) is 14.4 Å². The van der Waals surface area contributed by atoms with Gasteiger partial charge in [0.25, 0.3) is 5.91 Å². The van der Waals surface area contributed by atoms with E-state index >= 15 is 0 Å². The summed E-state index contributed by atoms with van der Waals surface area (Å²) in [5.74, 6) is -0.723. The Morgan fingerprint density at radius 1 is 0.962 bits per heavy atom. The highest BCUT2D eigenvalue weighted by atomic mass is 16.2. The van der Waals surface area contributed by atoms with Gasteiger partial charge in [-0.05, 0) is 37.0 Å². The van der Waals surface area contributed by atoms with E-state index in [1.807, 2.05) is 6.92 Å². The van der Waals surface area contributed by atoms with E-state index in [1.165, 1.54) is 0 Å². The Hall–Kier alpha value is -2.95. The van der Waals surface area contributed by atoms with Crippen molar-refractivity contribution < 1.29 is 14.4 Å². The summed E-state index contributed by atoms with van der Waals surface area (Å²) in [6, 6.07) is 13.5. The van der Waals surface area contributed by atoms with Gasteiger partial charge in [-0.3, -0.25) is 14.4 Å². The molecule has 2 aromatic rings. The Kier molecular flexibility index (Phi) is 5.16. The molecule has 2 amide bonds. The number of rotatable bonds is 1. The van der Waals surface area contributed by atoms with Crippen LogP contribution in [0.2, 0.25) is 0 Å². The van der Waals surface area contributed by atoms with E-state index in [0.29, 0.717) is 29.8 Å². The van der Waals surface area contributed by atoms with Gasteiger partial charge in [0, 0.05) is 18.4 Å². The predicted molar refractivity (Wildman–Crippen MR) is 101 cm³/mol. The van der Waals surface area contributed by atoms with Crippen LogP contribution in [0.5, 0.6) is 0 Å². The number of hydrogen-bond donors (Lipinski definition) is 1. The molecule has 0 radical (unpaired) electrons. The molecule has 1 aliphatic rings. The van der Waals surface area contributed by atoms with E-state index in [1.54, 1.807) is 48.5 Å². The van der Waals surface area contributed by atoms with Crippen LogP contribution in [-0.2, 0) is 4.79 Å². The molecule has 0 spiro atoms. The fourth-order valence-corrected chi connectivity index (χ4v) is 3.32. The Balaban J connectivity index is 2.14. The largest absolute Gasteiger partial charge is 0.397 e. The van der Waals surface area contributed by atoms with Crippen LogP contribution in [-0.4, -0.2) is 17.6 Å². The number of nitrogens with two attached hydrogens (primary N) is 1. The van der Waals surface area contributed by atoms with Crippen LogP contribution in [0.25, 0.3) is 0 Å². The second-order valence-corrected chi connectivity index (χ2v) is 6.76. The number of anilines is 2. The van der Waals surface area contributed by atoms with Crippen molar-refractivity contribution in [2.24, 2.45) is 5.92 Å². The molecule has 5 heteroatoms. The topological polar surface area (TPSA) is 80.5 Å². The Labute approximate surface area is 152 Å². The maximum atomic E-state index is 13.3. The zero-order valence-corrected chi connectivity index (χ0v) is 14.8. The third-order valence-corrected chi connectivity index (χ3v) is 4.71. The molecule has 134 valence electrons. The van der Waals surface area contributed by atoms with Crippen molar-refractivity contribution in [3.8, 4) is 0 Å². The minimum absolute atomic E-state index is 0.0724. The molecular weight excluding hydrogens is 328 g/mol. The average Bonchev–Trinajstić information content (AvgIpc) is 2.64. The Morgan fingerprint density at radius 2 is 1.62 bits per heavy atom. The molecule has 26 heavy (non-hydrogen) atoms. The number of hydrogen-bond acceptors (Lipinski definition) is 4. The van der Waals surface area contributed by atoms with Gasteiger partial charge in [-0.15, -0.1) is 0 Å². The highest BCUT2D eigenvalue weighted by Crippen LogP contribution is 2.28. The van der Waals surface area contributed by atoms with Crippen molar-refractivity contribution in [3.63, 3.8) is 0 Å². The molecule has 1 atom stereocenters. The standard InChI is InChI=1S/C21H22N2O3/c1-14-7-6-12-20(25)23(18-11-5-4-10-17(18)22)21(26)16-9-3-2-8-15(16)19(24)13-14/h2-5,8-11,14H,6-7,12-13,22H2,1H3. The van der Waals surface area contributed by atoms with E-state index in [0.717, 1.165) is 11.3 Å². The summed E-state index contributed by atoms with van der Waals surface area (Å²) in [6.45, 7) is 2.00. The fourth-order valence-electron chi connectivity index (χ4n) is 3.32. The van der Waals surface area contributed by atoms with Crippen molar-refractivity contribution in [2.75, 3.05) is 10.6 Å². The number of benzene rings is 2. The Bertz CT molecular complexity index is 860. The minimum Gasteiger partial charge on any atom is -0.397 e. The zero-order valence-electron chi connectivity index (χ0n) is 14.8. The van der Waals surface area contributed by atoms with Gasteiger partial charge in [0.15, 0.2) is 5.78 Å². The highest BCUT2D eigenvalue weighted by molar-refractivity contribution is 6.24. The number of imide groups is 1. The first-order chi connectivity index (χ1) is 12.5. The molecule has 0 fully saturated rings. The SMILES string of the molecule is CC1CCCC(=O)N(c2ccccc2N)C(=O)c2ccccc2C(=O)C1. The molecule has 5 nitrogen and oxygen atoms in total. The molecule has 0 saturated carbocycles. The van der Waals surface area contributed by atoms with Crippen molar-refractivity contribution in [1.29, 1.82) is 0 Å². The maximum Gasteiger partial charge on any atom is 0.265 e. The number of para-hydroxylation sites is 2. The van der Waals surface area contributed by atoms with E-state index in [4.69, 9.17) is 5.73 Å². The lowest BCUT2D eigenvalue weighted by Crippen LogP contribution is -2.38. The fraction of sp³-hybridized carbons (Fsp3) is 0.286. The zero-order chi connectivity index (χ0) is 18.7. The number of carbonyl (C=O) groups is 3. The van der Waals surface area contributed by atoms with Crippen LogP contribution in [0.15, 0.2) is 48.5 Å². The number of nitrogen functional groups attached to an aromatic ring is 1. The van der Waals surface area contributed by atoms with Gasteiger partial charge in [-0.1, -0.05) is 37.3 Å². The Morgan fingerprint density at radius 3 is 2.35 bits per heavy atom. The van der Waals surface area contributed by atoms with Crippen LogP contribution in [0, 0.1) is 5.92 Å². The smallest absolute Gasteiger partial charge is 0.265 e. The summed E-state index contributed by atoms with van der Waals surface area (Å²) >= 11 is 0. The highest BCUT2D eigenvalue weighted by Gasteiger charge is 2.30. The average molecular weight is 350 g/mol. The van der Waals surface area contributed by atoms with Crippen LogP contribution in [0.1, 0.15) is 53.3 Å². The molecule has 1 aliphatic heterocycles. The van der Waals surface area contributed by atoms with Crippen molar-refractivity contribution >= 4 is 29.0 Å². The van der Waals surface area contributed by atoms with Crippen LogP contribution >= 0.6 is 0 Å². The second kappa shape index (κ2) is 7.52. The summed E-state index contributed by atoms with van der Waals surface area (Å²) in [5.41, 5.74) is 7.33. The van der Waals surface area contributed by atoms with E-state index in [-0.39, 0.29) is 29.6 Å². The lowest BCUT2D eigenvalue weighted by atomic mass is 9.93. The predicted octanol–water partition coefficient (Wildman–Crippen LogP) is 3.84. The second-order valence-electron chi connectivity index (χ2n) is 6.76. The quantitative estimate of drug-likeness (QED) is 0.626. The molecular formula is C21H22N2O3. The molecule has 1 heterocycles. The van der Waals surface area contributed by atoms with Gasteiger partial charge in [0.1, 0.15) is 0 Å². The summed E-state index contributed by atoms with van der Waals surface area (Å²) in [5, 5.41) is 0. The third kappa shape index (κ3) is 3.52. The van der Waals surface area contributed by atoms with Crippen molar-refractivity contribution in [1.82, 2.24) is 0 Å². The lowest BCUT2D eigenvalue weighted by molar-refractivity contribution is -0.118. The van der Waals surface area contributed by atoms with Gasteiger partial charge in [-0.25, -0.2) is 4.90 Å². The summed E-state index contributed by atoms with van der Waals surface area (Å²) < 4.78 is 0. The molecule has 0 bridgehead atoms. The van der Waals surface area contributed by atoms with Crippen LogP contribution in [0.3, 0.4) is 0 Å². The molecule has 0 aromatic heterocycles. The normalized spacial score (nSPS) is 19.0. The van der Waals surface area contributed by atoms with E-state index in [2.05, 4.69) is 0 Å². The number of carbonyl (C=O) groups excluding carboxylic acids is 3. The number of amides is 2. The monoisotopic (exact) mass is 350 g/mol. The molecule has 2 N–H and O–H groups in total. The lowest BCUT2D eigenvalue weighted by Gasteiger charge is -2.23. The molecule has 2 aromatic carbocycles. The van der Waals surface area contributed by atoms with Gasteiger partial charge < -0.3 is 5.73 Å². The molecule has 0 saturated heterocycles. The summed E-state index contributed by atoms with van der Waals surface area (Å²) in [4.78, 5) is 39.9. The first-order valence-electron chi connectivity index (χ1n) is 8.83. The van der Waals surface area contributed by atoms with Crippen molar-refractivity contribution in [2.45, 2.75) is 32.6 Å². The first kappa shape index (κ1) is 17.9. The van der Waals surface area contributed by atoms with Gasteiger partial charge >= 0.3 is 0 Å². The molecule has 3 rings (SSSR count). The van der Waals surface area contributed by atoms with Crippen LogP contribution < -0.4 is 10.6 Å². The summed E-state index contributed by atoms with van der Waals surface area (Å²) in [6.07, 6.45) is 1.98. The minimum atomic E-state index is -0.508. The third-order valence-electron chi connectivity index (χ3n) is 4.71. The van der Waals surface area contributed by atoms with E-state index < -0.39 is 5.91 Å². The summed E-state index contributed by atoms with van der Waals surface area (Å²) in [7, 11) is 0. The van der Waals surface area contributed by atoms with Crippen molar-refractivity contribution in [3.05, 3.63) is 59.7 Å². The van der Waals surface area contributed by atoms with Gasteiger partial charge in [0.2, 0.25) is 5.91 Å². The number of fused-ring (bicyclic) bond motifs is 1. The molecule has 0 aliphatic carbocycles. The number of ketones is 1. The molecule has 1 unspecified atom stereocenters. The number of Topliss-reactive ketones (excluding diaryl/α,β-unsaturated/α-hetero) is 1. The first-order valence-corrected chi connectivity index (χ1v) is 8.83. The van der Waals surface area contributed by atoms with Crippen LogP contribution in [0.4, 0.5) is 11.4 Å².